The van der Waals surface area contributed by atoms with Crippen LogP contribution in [0.2, 0.25) is 0 Å². The monoisotopic (exact) mass is 245 g/mol. The molecule has 0 amide bonds. The van der Waals surface area contributed by atoms with Gasteiger partial charge in [0, 0.05) is 12.4 Å². The number of hydrogen-bond acceptors (Lipinski definition) is 7. The van der Waals surface area contributed by atoms with Gasteiger partial charge >= 0.3 is 0 Å². The molecule has 0 aliphatic rings. The van der Waals surface area contributed by atoms with Crippen molar-refractivity contribution in [3.8, 4) is 0 Å². The third-order valence-corrected chi connectivity index (χ3v) is 2.96. The van der Waals surface area contributed by atoms with Crippen LogP contribution >= 0.6 is 11.8 Å². The van der Waals surface area contributed by atoms with E-state index in [-0.39, 0.29) is 5.95 Å². The molecule has 7 nitrogen and oxygen atoms in total. The van der Waals surface area contributed by atoms with Gasteiger partial charge in [-0.25, -0.2) is 9.97 Å². The normalized spacial score (nSPS) is 10.8. The minimum atomic E-state index is 0.202. The summed E-state index contributed by atoms with van der Waals surface area (Å²) in [6.07, 6.45) is 6.56. The van der Waals surface area contributed by atoms with Gasteiger partial charge in [0.25, 0.3) is 0 Å². The van der Waals surface area contributed by atoms with Crippen LogP contribution in [0.5, 0.6) is 0 Å². The van der Waals surface area contributed by atoms with E-state index in [0.717, 1.165) is 10.4 Å². The van der Waals surface area contributed by atoms with Crippen molar-refractivity contribution >= 4 is 28.7 Å². The highest BCUT2D eigenvalue weighted by Crippen LogP contribution is 2.29. The summed E-state index contributed by atoms with van der Waals surface area (Å²) in [5.41, 5.74) is 6.23. The Bertz CT molecular complexity index is 651. The number of rotatable bonds is 2. The van der Waals surface area contributed by atoms with E-state index < -0.39 is 0 Å². The lowest BCUT2D eigenvalue weighted by molar-refractivity contribution is 1.04. The molecule has 84 valence electrons. The number of nitrogens with one attached hydrogen (secondary N) is 1. The molecule has 0 saturated heterocycles. The molecule has 3 aromatic rings. The quantitative estimate of drug-likeness (QED) is 0.645. The number of nitrogens with two attached hydrogens (primary N) is 1. The van der Waals surface area contributed by atoms with Gasteiger partial charge in [-0.3, -0.25) is 10.1 Å². The molecule has 17 heavy (non-hydrogen) atoms. The summed E-state index contributed by atoms with van der Waals surface area (Å²) < 4.78 is 0. The second-order valence-electron chi connectivity index (χ2n) is 3.16. The third-order valence-electron chi connectivity index (χ3n) is 2.03. The van der Waals surface area contributed by atoms with Crippen LogP contribution in [0.25, 0.3) is 11.0 Å². The van der Waals surface area contributed by atoms with Crippen molar-refractivity contribution in [2.75, 3.05) is 5.73 Å². The highest BCUT2D eigenvalue weighted by Gasteiger charge is 2.10. The van der Waals surface area contributed by atoms with Crippen LogP contribution in [0.3, 0.4) is 0 Å². The van der Waals surface area contributed by atoms with Gasteiger partial charge in [-0.1, -0.05) is 0 Å². The summed E-state index contributed by atoms with van der Waals surface area (Å²) in [5.74, 6) is 0.202. The fourth-order valence-corrected chi connectivity index (χ4v) is 2.16. The first-order valence-electron chi connectivity index (χ1n) is 4.73. The molecule has 0 bridgehead atoms. The maximum atomic E-state index is 5.62. The molecule has 0 atom stereocenters. The number of aromatic amines is 1. The average molecular weight is 245 g/mol. The number of nitrogens with zero attached hydrogens (tertiary/aromatic N) is 5. The largest absolute Gasteiger partial charge is 0.368 e. The molecule has 0 saturated carbocycles. The van der Waals surface area contributed by atoms with Crippen molar-refractivity contribution in [1.29, 1.82) is 0 Å². The zero-order valence-electron chi connectivity index (χ0n) is 8.53. The van der Waals surface area contributed by atoms with Crippen molar-refractivity contribution in [3.05, 3.63) is 24.8 Å². The van der Waals surface area contributed by atoms with E-state index in [1.54, 1.807) is 24.8 Å². The summed E-state index contributed by atoms with van der Waals surface area (Å²) in [6, 6.07) is 0. The van der Waals surface area contributed by atoms with Gasteiger partial charge in [-0.15, -0.1) is 0 Å². The van der Waals surface area contributed by atoms with Crippen LogP contribution in [-0.2, 0) is 0 Å². The summed E-state index contributed by atoms with van der Waals surface area (Å²) in [7, 11) is 0. The van der Waals surface area contributed by atoms with Crippen molar-refractivity contribution in [3.63, 3.8) is 0 Å². The van der Waals surface area contributed by atoms with Crippen LogP contribution in [0.15, 0.2) is 34.8 Å². The second kappa shape index (κ2) is 3.98. The van der Waals surface area contributed by atoms with E-state index in [1.165, 1.54) is 11.8 Å². The van der Waals surface area contributed by atoms with Crippen molar-refractivity contribution in [2.45, 2.75) is 10.1 Å². The fraction of sp³-hybridized carbons (Fsp3) is 0. The van der Waals surface area contributed by atoms with Crippen molar-refractivity contribution in [1.82, 2.24) is 30.1 Å². The first-order valence-corrected chi connectivity index (χ1v) is 5.55. The van der Waals surface area contributed by atoms with Gasteiger partial charge in [0.2, 0.25) is 5.95 Å². The fourth-order valence-electron chi connectivity index (χ4n) is 1.34. The van der Waals surface area contributed by atoms with E-state index in [1.807, 2.05) is 0 Å². The number of aromatic nitrogens is 6. The summed E-state index contributed by atoms with van der Waals surface area (Å²) in [5, 5.41) is 8.94. The first kappa shape index (κ1) is 9.97. The molecule has 0 aromatic carbocycles. The number of hydrogen-bond donors (Lipinski definition) is 2. The highest BCUT2D eigenvalue weighted by molar-refractivity contribution is 7.99. The Hall–Kier alpha value is -2.22. The molecular formula is C9H7N7S. The Morgan fingerprint density at radius 3 is 2.94 bits per heavy atom. The lowest BCUT2D eigenvalue weighted by atomic mass is 10.4. The molecule has 3 N–H and O–H groups in total. The summed E-state index contributed by atoms with van der Waals surface area (Å²) in [6.45, 7) is 0. The molecule has 3 rings (SSSR count). The lowest BCUT2D eigenvalue weighted by Gasteiger charge is -2.01. The topological polar surface area (TPSA) is 106 Å². The SMILES string of the molecule is Nc1nc(Sc2cnccn2)c2cn[nH]c2n1. The molecule has 8 heteroatoms. The van der Waals surface area contributed by atoms with Crippen LogP contribution < -0.4 is 5.73 Å². The van der Waals surface area contributed by atoms with Crippen LogP contribution in [0, 0.1) is 0 Å². The molecule has 3 heterocycles. The van der Waals surface area contributed by atoms with Crippen LogP contribution in [0.1, 0.15) is 0 Å². The average Bonchev–Trinajstić information content (AvgIpc) is 2.78. The zero-order chi connectivity index (χ0) is 11.7. The van der Waals surface area contributed by atoms with E-state index in [0.29, 0.717) is 10.7 Å². The Morgan fingerprint density at radius 2 is 2.12 bits per heavy atom. The van der Waals surface area contributed by atoms with Gasteiger partial charge in [-0.05, 0) is 11.8 Å². The first-order chi connectivity index (χ1) is 8.33. The van der Waals surface area contributed by atoms with Crippen molar-refractivity contribution < 1.29 is 0 Å². The minimum Gasteiger partial charge on any atom is -0.368 e. The van der Waals surface area contributed by atoms with E-state index in [4.69, 9.17) is 5.73 Å². The predicted molar refractivity (Wildman–Crippen MR) is 62.3 cm³/mol. The summed E-state index contributed by atoms with van der Waals surface area (Å²) in [4.78, 5) is 16.4. The van der Waals surface area contributed by atoms with Crippen molar-refractivity contribution in [2.24, 2.45) is 0 Å². The number of anilines is 1. The molecular weight excluding hydrogens is 238 g/mol. The van der Waals surface area contributed by atoms with E-state index in [2.05, 4.69) is 30.1 Å². The molecule has 0 fully saturated rings. The molecule has 0 radical (unpaired) electrons. The Balaban J connectivity index is 2.08. The summed E-state index contributed by atoms with van der Waals surface area (Å²) >= 11 is 1.37. The van der Waals surface area contributed by atoms with Gasteiger partial charge in [0.1, 0.15) is 10.1 Å². The highest BCUT2D eigenvalue weighted by atomic mass is 32.2. The smallest absolute Gasteiger partial charge is 0.223 e. The Labute approximate surface area is 99.9 Å². The van der Waals surface area contributed by atoms with E-state index >= 15 is 0 Å². The van der Waals surface area contributed by atoms with Gasteiger partial charge < -0.3 is 5.73 Å². The van der Waals surface area contributed by atoms with E-state index in [9.17, 15) is 0 Å². The molecule has 3 aromatic heterocycles. The minimum absolute atomic E-state index is 0.202. The molecule has 0 spiro atoms. The maximum absolute atomic E-state index is 5.62. The Morgan fingerprint density at radius 1 is 1.18 bits per heavy atom. The van der Waals surface area contributed by atoms with Gasteiger partial charge in [-0.2, -0.15) is 10.1 Å². The molecule has 0 unspecified atom stereocenters. The molecule has 0 aliphatic heterocycles. The number of H-pyrrole nitrogens is 1. The molecule has 0 aliphatic carbocycles. The third kappa shape index (κ3) is 1.89. The lowest BCUT2D eigenvalue weighted by Crippen LogP contribution is -1.96. The number of nitrogen functional groups attached to an aromatic ring is 1. The van der Waals surface area contributed by atoms with Crippen LogP contribution in [0.4, 0.5) is 5.95 Å². The number of fused-ring (bicyclic) bond motifs is 1. The zero-order valence-corrected chi connectivity index (χ0v) is 9.35. The Kier molecular flexibility index (Phi) is 2.33. The maximum Gasteiger partial charge on any atom is 0.223 e. The van der Waals surface area contributed by atoms with Gasteiger partial charge in [0.15, 0.2) is 5.65 Å². The second-order valence-corrected chi connectivity index (χ2v) is 4.17. The standard InChI is InChI=1S/C9H7N7S/c10-9-14-7-5(3-13-16-7)8(15-9)17-6-4-11-1-2-12-6/h1-4H,(H3,10,13,14,15,16). The predicted octanol–water partition coefficient (Wildman–Crippen LogP) is 0.876. The van der Waals surface area contributed by atoms with Gasteiger partial charge in [0.05, 0.1) is 17.8 Å². The van der Waals surface area contributed by atoms with Crippen LogP contribution in [-0.4, -0.2) is 30.1 Å².